The minimum atomic E-state index is -0.872. The number of benzene rings is 3. The first-order chi connectivity index (χ1) is 17.6. The van der Waals surface area contributed by atoms with Gasteiger partial charge in [0.25, 0.3) is 0 Å². The number of nitrogens with one attached hydrogen (secondary N) is 1. The molecule has 0 unspecified atom stereocenters. The predicted molar refractivity (Wildman–Crippen MR) is 143 cm³/mol. The van der Waals surface area contributed by atoms with Gasteiger partial charge < -0.3 is 19.9 Å². The van der Waals surface area contributed by atoms with Crippen molar-refractivity contribution in [2.45, 2.75) is 65.2 Å². The average molecular weight is 502 g/mol. The fraction of sp³-hybridized carbons (Fsp3) is 0.355. The topological polar surface area (TPSA) is 84.9 Å². The van der Waals surface area contributed by atoms with E-state index in [1.807, 2.05) is 81.4 Å². The molecule has 0 saturated heterocycles. The molecule has 3 aromatic rings. The first-order valence-corrected chi connectivity index (χ1v) is 12.8. The summed E-state index contributed by atoms with van der Waals surface area (Å²) in [7, 11) is 0. The van der Waals surface area contributed by atoms with E-state index in [0.717, 1.165) is 34.6 Å². The molecule has 1 aliphatic carbocycles. The summed E-state index contributed by atoms with van der Waals surface area (Å²) in [4.78, 5) is 23.4. The Bertz CT molecular complexity index is 1260. The second-order valence-electron chi connectivity index (χ2n) is 10.7. The smallest absolute Gasteiger partial charge is 0.407 e. The van der Waals surface area contributed by atoms with Gasteiger partial charge in [0, 0.05) is 12.1 Å². The van der Waals surface area contributed by atoms with Gasteiger partial charge >= 0.3 is 12.1 Å². The molecule has 1 amide bonds. The molecule has 194 valence electrons. The molecule has 6 heteroatoms. The molecule has 1 aliphatic rings. The first kappa shape index (κ1) is 26.3. The fourth-order valence-electron chi connectivity index (χ4n) is 4.18. The van der Waals surface area contributed by atoms with Crippen LogP contribution in [0.5, 0.6) is 5.75 Å². The van der Waals surface area contributed by atoms with Crippen LogP contribution >= 0.6 is 0 Å². The summed E-state index contributed by atoms with van der Waals surface area (Å²) in [6, 6.07) is 22.0. The Morgan fingerprint density at radius 3 is 2.24 bits per heavy atom. The summed E-state index contributed by atoms with van der Waals surface area (Å²) in [5.41, 5.74) is 5.36. The second-order valence-corrected chi connectivity index (χ2v) is 10.7. The minimum absolute atomic E-state index is 0.0663. The third kappa shape index (κ3) is 8.38. The van der Waals surface area contributed by atoms with Crippen molar-refractivity contribution in [2.24, 2.45) is 5.92 Å². The van der Waals surface area contributed by atoms with E-state index >= 15 is 0 Å². The Morgan fingerprint density at radius 1 is 0.919 bits per heavy atom. The number of carboxylic acids is 1. The van der Waals surface area contributed by atoms with Gasteiger partial charge in [0.15, 0.2) is 0 Å². The van der Waals surface area contributed by atoms with E-state index in [0.29, 0.717) is 24.5 Å². The molecule has 0 aromatic heterocycles. The predicted octanol–water partition coefficient (Wildman–Crippen LogP) is 6.54. The van der Waals surface area contributed by atoms with Crippen LogP contribution in [0, 0.1) is 5.92 Å². The van der Waals surface area contributed by atoms with E-state index < -0.39 is 17.7 Å². The number of carbonyl (C=O) groups is 2. The van der Waals surface area contributed by atoms with Gasteiger partial charge in [-0.3, -0.25) is 4.79 Å². The van der Waals surface area contributed by atoms with Gasteiger partial charge in [-0.25, -0.2) is 4.79 Å². The standard InChI is InChI=1S/C31H35NO5/c1-31(2,3)37-30(35)32-19-23-6-4-8-25(15-23)26-9-5-7-24(16-26)20-36-28-17-22(14-21-10-11-21)12-13-27(28)18-29(33)34/h4-9,12-13,15-17,21H,10-11,14,18-20H2,1-3H3,(H,32,35)(H,33,34). The zero-order valence-electron chi connectivity index (χ0n) is 21.8. The second kappa shape index (κ2) is 11.5. The molecule has 0 spiro atoms. The molecule has 1 saturated carbocycles. The molecule has 3 aromatic carbocycles. The van der Waals surface area contributed by atoms with Gasteiger partial charge in [-0.1, -0.05) is 48.5 Å². The van der Waals surface area contributed by atoms with E-state index in [2.05, 4.69) is 11.4 Å². The molecule has 0 bridgehead atoms. The first-order valence-electron chi connectivity index (χ1n) is 12.8. The van der Waals surface area contributed by atoms with Crippen LogP contribution in [0.1, 0.15) is 55.9 Å². The van der Waals surface area contributed by atoms with Crippen molar-refractivity contribution in [1.29, 1.82) is 0 Å². The van der Waals surface area contributed by atoms with Crippen molar-refractivity contribution in [3.63, 3.8) is 0 Å². The average Bonchev–Trinajstić information content (AvgIpc) is 3.66. The highest BCUT2D eigenvalue weighted by atomic mass is 16.6. The van der Waals surface area contributed by atoms with E-state index in [1.54, 1.807) is 0 Å². The highest BCUT2D eigenvalue weighted by Crippen LogP contribution is 2.34. The van der Waals surface area contributed by atoms with Crippen LogP contribution in [-0.4, -0.2) is 22.8 Å². The summed E-state index contributed by atoms with van der Waals surface area (Å²) in [6.07, 6.45) is 3.03. The number of aliphatic carboxylic acids is 1. The van der Waals surface area contributed by atoms with E-state index in [9.17, 15) is 14.7 Å². The molecule has 0 atom stereocenters. The number of hydrogen-bond donors (Lipinski definition) is 2. The summed E-state index contributed by atoms with van der Waals surface area (Å²) in [5, 5.41) is 12.1. The van der Waals surface area contributed by atoms with Crippen LogP contribution in [-0.2, 0) is 35.5 Å². The Kier molecular flexibility index (Phi) is 8.17. The van der Waals surface area contributed by atoms with Crippen molar-refractivity contribution in [3.05, 3.63) is 89.0 Å². The molecule has 2 N–H and O–H groups in total. The zero-order valence-corrected chi connectivity index (χ0v) is 21.8. The molecule has 0 aliphatic heterocycles. The summed E-state index contributed by atoms with van der Waals surface area (Å²) in [5.74, 6) is 0.508. The lowest BCUT2D eigenvalue weighted by Crippen LogP contribution is -2.32. The van der Waals surface area contributed by atoms with Gasteiger partial charge in [0.05, 0.1) is 6.42 Å². The molecule has 0 heterocycles. The van der Waals surface area contributed by atoms with Gasteiger partial charge in [0.2, 0.25) is 0 Å². The molecular weight excluding hydrogens is 466 g/mol. The van der Waals surface area contributed by atoms with Crippen molar-refractivity contribution >= 4 is 12.1 Å². The van der Waals surface area contributed by atoms with Gasteiger partial charge in [-0.05, 0) is 92.0 Å². The van der Waals surface area contributed by atoms with Crippen molar-refractivity contribution in [2.75, 3.05) is 0 Å². The number of carbonyl (C=O) groups excluding carboxylic acids is 1. The summed E-state index contributed by atoms with van der Waals surface area (Å²) >= 11 is 0. The van der Waals surface area contributed by atoms with Crippen molar-refractivity contribution in [3.8, 4) is 16.9 Å². The van der Waals surface area contributed by atoms with Crippen LogP contribution in [0.15, 0.2) is 66.7 Å². The van der Waals surface area contributed by atoms with Crippen molar-refractivity contribution < 1.29 is 24.2 Å². The number of amides is 1. The third-order valence-corrected chi connectivity index (χ3v) is 6.11. The summed E-state index contributed by atoms with van der Waals surface area (Å²) in [6.45, 7) is 6.22. The van der Waals surface area contributed by atoms with Crippen LogP contribution in [0.25, 0.3) is 11.1 Å². The van der Waals surface area contributed by atoms with Crippen LogP contribution in [0.2, 0.25) is 0 Å². The van der Waals surface area contributed by atoms with E-state index in [1.165, 1.54) is 18.4 Å². The normalized spacial score (nSPS) is 13.2. The lowest BCUT2D eigenvalue weighted by atomic mass is 10.0. The zero-order chi connectivity index (χ0) is 26.4. The Balaban J connectivity index is 1.44. The van der Waals surface area contributed by atoms with E-state index in [4.69, 9.17) is 9.47 Å². The highest BCUT2D eigenvalue weighted by molar-refractivity contribution is 5.71. The third-order valence-electron chi connectivity index (χ3n) is 6.11. The summed E-state index contributed by atoms with van der Waals surface area (Å²) < 4.78 is 11.5. The quantitative estimate of drug-likeness (QED) is 0.330. The molecule has 4 rings (SSSR count). The van der Waals surface area contributed by atoms with Gasteiger partial charge in [0.1, 0.15) is 18.0 Å². The minimum Gasteiger partial charge on any atom is -0.489 e. The SMILES string of the molecule is CC(C)(C)OC(=O)NCc1cccc(-c2cccc(COc3cc(CC4CC4)ccc3CC(=O)O)c2)c1. The van der Waals surface area contributed by atoms with E-state index in [-0.39, 0.29) is 6.42 Å². The molecule has 0 radical (unpaired) electrons. The van der Waals surface area contributed by atoms with Gasteiger partial charge in [-0.15, -0.1) is 0 Å². The van der Waals surface area contributed by atoms with Crippen LogP contribution < -0.4 is 10.1 Å². The van der Waals surface area contributed by atoms with Crippen LogP contribution in [0.4, 0.5) is 4.79 Å². The lowest BCUT2D eigenvalue weighted by molar-refractivity contribution is -0.136. The number of hydrogen-bond acceptors (Lipinski definition) is 4. The Morgan fingerprint density at radius 2 is 1.59 bits per heavy atom. The lowest BCUT2D eigenvalue weighted by Gasteiger charge is -2.19. The van der Waals surface area contributed by atoms with Gasteiger partial charge in [-0.2, -0.15) is 0 Å². The Hall–Kier alpha value is -3.80. The number of rotatable bonds is 10. The molecule has 37 heavy (non-hydrogen) atoms. The Labute approximate surface area is 218 Å². The molecular formula is C31H35NO5. The maximum absolute atomic E-state index is 12.0. The highest BCUT2D eigenvalue weighted by Gasteiger charge is 2.22. The molecule has 1 fully saturated rings. The maximum Gasteiger partial charge on any atom is 0.407 e. The number of ether oxygens (including phenoxy) is 2. The number of carboxylic acid groups (broad SMARTS) is 1. The maximum atomic E-state index is 12.0. The largest absolute Gasteiger partial charge is 0.489 e. The van der Waals surface area contributed by atoms with Crippen molar-refractivity contribution in [1.82, 2.24) is 5.32 Å². The number of alkyl carbamates (subject to hydrolysis) is 1. The fourth-order valence-corrected chi connectivity index (χ4v) is 4.18. The molecule has 6 nitrogen and oxygen atoms in total. The monoisotopic (exact) mass is 501 g/mol. The van der Waals surface area contributed by atoms with Crippen LogP contribution in [0.3, 0.4) is 0 Å².